The maximum absolute atomic E-state index is 5.61. The third-order valence-corrected chi connectivity index (χ3v) is 1.95. The molecule has 0 bridgehead atoms. The predicted molar refractivity (Wildman–Crippen MR) is 46.4 cm³/mol. The highest BCUT2D eigenvalue weighted by atomic mass is 16.7. The molecule has 0 saturated carbocycles. The smallest absolute Gasteiger partial charge is 0.219 e. The minimum atomic E-state index is -0.192. The summed E-state index contributed by atoms with van der Waals surface area (Å²) < 4.78 is 10.8. The van der Waals surface area contributed by atoms with Crippen LogP contribution in [0.25, 0.3) is 0 Å². The van der Waals surface area contributed by atoms with Gasteiger partial charge in [-0.15, -0.1) is 0 Å². The summed E-state index contributed by atoms with van der Waals surface area (Å²) in [5.74, 6) is 0. The van der Waals surface area contributed by atoms with Crippen molar-refractivity contribution in [3.63, 3.8) is 0 Å². The molecule has 0 saturated heterocycles. The van der Waals surface area contributed by atoms with Crippen molar-refractivity contribution in [2.45, 2.75) is 25.2 Å². The van der Waals surface area contributed by atoms with Crippen LogP contribution in [0.4, 0.5) is 0 Å². The maximum atomic E-state index is 5.61. The Kier molecular flexibility index (Phi) is 2.28. The van der Waals surface area contributed by atoms with E-state index >= 15 is 0 Å². The Balaban J connectivity index is 1.82. The summed E-state index contributed by atoms with van der Waals surface area (Å²) in [6.07, 6.45) is 13.8. The molecule has 2 nitrogen and oxygen atoms in total. The zero-order valence-corrected chi connectivity index (χ0v) is 6.85. The fourth-order valence-electron chi connectivity index (χ4n) is 1.34. The Morgan fingerprint density at radius 2 is 2.25 bits per heavy atom. The van der Waals surface area contributed by atoms with E-state index in [4.69, 9.17) is 9.47 Å². The van der Waals surface area contributed by atoms with Gasteiger partial charge < -0.3 is 9.47 Å². The molecule has 64 valence electrons. The predicted octanol–water partition coefficient (Wildman–Crippen LogP) is 2.15. The van der Waals surface area contributed by atoms with Crippen LogP contribution in [0, 0.1) is 0 Å². The summed E-state index contributed by atoms with van der Waals surface area (Å²) in [5.41, 5.74) is 0. The molecule has 2 rings (SSSR count). The summed E-state index contributed by atoms with van der Waals surface area (Å²) in [7, 11) is 0. The van der Waals surface area contributed by atoms with E-state index in [1.165, 1.54) is 0 Å². The van der Waals surface area contributed by atoms with E-state index in [0.717, 1.165) is 12.8 Å². The lowest BCUT2D eigenvalue weighted by atomic mass is 10.3. The third kappa shape index (κ3) is 1.77. The molecule has 0 N–H and O–H groups in total. The Morgan fingerprint density at radius 3 is 2.92 bits per heavy atom. The molecule has 12 heavy (non-hydrogen) atoms. The van der Waals surface area contributed by atoms with Gasteiger partial charge in [-0.25, -0.2) is 0 Å². The van der Waals surface area contributed by atoms with Crippen molar-refractivity contribution in [2.75, 3.05) is 0 Å². The lowest BCUT2D eigenvalue weighted by molar-refractivity contribution is -0.0971. The summed E-state index contributed by atoms with van der Waals surface area (Å²) >= 11 is 0. The minimum Gasteiger partial charge on any atom is -0.469 e. The van der Waals surface area contributed by atoms with Crippen LogP contribution in [0.1, 0.15) is 12.8 Å². The van der Waals surface area contributed by atoms with Crippen LogP contribution in [-0.2, 0) is 9.47 Å². The van der Waals surface area contributed by atoms with E-state index in [9.17, 15) is 0 Å². The van der Waals surface area contributed by atoms with Gasteiger partial charge in [0.25, 0.3) is 0 Å². The second kappa shape index (κ2) is 3.59. The van der Waals surface area contributed by atoms with Crippen molar-refractivity contribution < 1.29 is 9.47 Å². The van der Waals surface area contributed by atoms with Crippen LogP contribution < -0.4 is 0 Å². The number of hydrogen-bond acceptors (Lipinski definition) is 2. The molecule has 0 radical (unpaired) electrons. The van der Waals surface area contributed by atoms with Crippen LogP contribution in [-0.4, -0.2) is 12.4 Å². The standard InChI is InChI=1S/C10H12O2/c1-2-6-9(5-1)12-10-7-3-4-8-11-10/h1,3-5,7-10H,2,6H2. The Hall–Kier alpha value is -1.02. The highest BCUT2D eigenvalue weighted by molar-refractivity contribution is 5.06. The fourth-order valence-corrected chi connectivity index (χ4v) is 1.34. The highest BCUT2D eigenvalue weighted by Gasteiger charge is 2.15. The van der Waals surface area contributed by atoms with Crippen LogP contribution in [0.5, 0.6) is 0 Å². The third-order valence-electron chi connectivity index (χ3n) is 1.95. The molecule has 0 aromatic carbocycles. The SMILES string of the molecule is C1=COC(OC2C=CCC2)C=C1. The van der Waals surface area contributed by atoms with E-state index < -0.39 is 0 Å². The van der Waals surface area contributed by atoms with Gasteiger partial charge in [-0.05, 0) is 25.0 Å². The molecule has 2 aliphatic rings. The second-order valence-electron chi connectivity index (χ2n) is 2.90. The zero-order valence-electron chi connectivity index (χ0n) is 6.85. The first-order chi connectivity index (χ1) is 5.95. The molecule has 2 heteroatoms. The van der Waals surface area contributed by atoms with Gasteiger partial charge in [0.05, 0.1) is 12.4 Å². The number of rotatable bonds is 2. The monoisotopic (exact) mass is 164 g/mol. The molecule has 0 amide bonds. The van der Waals surface area contributed by atoms with Crippen molar-refractivity contribution in [1.29, 1.82) is 0 Å². The van der Waals surface area contributed by atoms with E-state index in [1.807, 2.05) is 18.2 Å². The van der Waals surface area contributed by atoms with Gasteiger partial charge in [-0.1, -0.05) is 18.2 Å². The van der Waals surface area contributed by atoms with Crippen LogP contribution in [0.2, 0.25) is 0 Å². The van der Waals surface area contributed by atoms with E-state index in [-0.39, 0.29) is 12.4 Å². The van der Waals surface area contributed by atoms with E-state index in [1.54, 1.807) is 6.26 Å². The van der Waals surface area contributed by atoms with Crippen LogP contribution >= 0.6 is 0 Å². The molecule has 2 unspecified atom stereocenters. The Bertz CT molecular complexity index is 228. The number of ether oxygens (including phenoxy) is 2. The van der Waals surface area contributed by atoms with Crippen molar-refractivity contribution in [2.24, 2.45) is 0 Å². The normalized spacial score (nSPS) is 32.3. The van der Waals surface area contributed by atoms with Crippen molar-refractivity contribution in [1.82, 2.24) is 0 Å². The molecule has 1 aliphatic heterocycles. The summed E-state index contributed by atoms with van der Waals surface area (Å²) in [4.78, 5) is 0. The van der Waals surface area contributed by atoms with Crippen LogP contribution in [0.15, 0.2) is 36.6 Å². The summed E-state index contributed by atoms with van der Waals surface area (Å²) in [6.45, 7) is 0. The molecular formula is C10H12O2. The highest BCUT2D eigenvalue weighted by Crippen LogP contribution is 2.16. The largest absolute Gasteiger partial charge is 0.469 e. The van der Waals surface area contributed by atoms with Crippen LogP contribution in [0.3, 0.4) is 0 Å². The van der Waals surface area contributed by atoms with Crippen molar-refractivity contribution >= 4 is 0 Å². The van der Waals surface area contributed by atoms with Gasteiger partial charge in [0.15, 0.2) is 0 Å². The first-order valence-electron chi connectivity index (χ1n) is 4.26. The van der Waals surface area contributed by atoms with E-state index in [2.05, 4.69) is 12.2 Å². The number of hydrogen-bond donors (Lipinski definition) is 0. The second-order valence-corrected chi connectivity index (χ2v) is 2.90. The maximum Gasteiger partial charge on any atom is 0.219 e. The topological polar surface area (TPSA) is 18.5 Å². The Morgan fingerprint density at radius 1 is 1.25 bits per heavy atom. The lowest BCUT2D eigenvalue weighted by Gasteiger charge is -2.18. The first-order valence-corrected chi connectivity index (χ1v) is 4.26. The fraction of sp³-hybridized carbons (Fsp3) is 0.400. The molecule has 0 spiro atoms. The molecule has 1 aliphatic carbocycles. The summed E-state index contributed by atoms with van der Waals surface area (Å²) in [5, 5.41) is 0. The van der Waals surface area contributed by atoms with Crippen molar-refractivity contribution in [3.05, 3.63) is 36.6 Å². The molecule has 0 aromatic rings. The average Bonchev–Trinajstić information content (AvgIpc) is 2.59. The minimum absolute atomic E-state index is 0.192. The van der Waals surface area contributed by atoms with Gasteiger partial charge in [-0.3, -0.25) is 0 Å². The van der Waals surface area contributed by atoms with Gasteiger partial charge in [0.2, 0.25) is 6.29 Å². The summed E-state index contributed by atoms with van der Waals surface area (Å²) in [6, 6.07) is 0. The van der Waals surface area contributed by atoms with Gasteiger partial charge in [0, 0.05) is 0 Å². The number of allylic oxidation sites excluding steroid dienone is 3. The molecule has 0 aromatic heterocycles. The lowest BCUT2D eigenvalue weighted by Crippen LogP contribution is -2.19. The average molecular weight is 164 g/mol. The van der Waals surface area contributed by atoms with Gasteiger partial charge in [0.1, 0.15) is 0 Å². The van der Waals surface area contributed by atoms with E-state index in [0.29, 0.717) is 0 Å². The first kappa shape index (κ1) is 7.62. The molecular weight excluding hydrogens is 152 g/mol. The van der Waals surface area contributed by atoms with Gasteiger partial charge in [-0.2, -0.15) is 0 Å². The molecule has 1 heterocycles. The Labute approximate surface area is 72.2 Å². The zero-order chi connectivity index (χ0) is 8.23. The quantitative estimate of drug-likeness (QED) is 0.582. The molecule has 2 atom stereocenters. The van der Waals surface area contributed by atoms with Crippen molar-refractivity contribution in [3.8, 4) is 0 Å². The molecule has 0 fully saturated rings. The van der Waals surface area contributed by atoms with Gasteiger partial charge >= 0.3 is 0 Å².